The van der Waals surface area contributed by atoms with Crippen molar-refractivity contribution in [2.45, 2.75) is 20.8 Å². The van der Waals surface area contributed by atoms with Crippen LogP contribution in [-0.2, 0) is 0 Å². The number of rotatable bonds is 2. The lowest BCUT2D eigenvalue weighted by molar-refractivity contribution is -0.605. The average molecular weight is 352 g/mol. The molecule has 2 heterocycles. The van der Waals surface area contributed by atoms with Crippen LogP contribution in [0, 0.1) is 32.1 Å². The number of aryl methyl sites for hydroxylation is 2. The Morgan fingerprint density at radius 3 is 2.44 bits per heavy atom. The molecule has 130 valence electrons. The quantitative estimate of drug-likeness (QED) is 0.518. The van der Waals surface area contributed by atoms with Gasteiger partial charge < -0.3 is 0 Å². The first-order valence-electron chi connectivity index (χ1n) is 8.89. The largest absolute Gasteiger partial charge is 0.300 e. The van der Waals surface area contributed by atoms with Crippen molar-refractivity contribution in [3.8, 4) is 17.4 Å². The Kier molecular flexibility index (Phi) is 4.13. The van der Waals surface area contributed by atoms with E-state index in [1.165, 1.54) is 0 Å². The number of hydrogen-bond donors (Lipinski definition) is 0. The molecular formula is C23H20N4+2. The van der Waals surface area contributed by atoms with Crippen molar-refractivity contribution in [2.75, 3.05) is 0 Å². The summed E-state index contributed by atoms with van der Waals surface area (Å²) >= 11 is 0. The Morgan fingerprint density at radius 2 is 1.67 bits per heavy atom. The third kappa shape index (κ3) is 2.84. The molecule has 27 heavy (non-hydrogen) atoms. The minimum Gasteiger partial charge on any atom is -0.192 e. The molecule has 0 unspecified atom stereocenters. The van der Waals surface area contributed by atoms with E-state index in [1.54, 1.807) is 0 Å². The van der Waals surface area contributed by atoms with E-state index in [9.17, 15) is 5.26 Å². The van der Waals surface area contributed by atoms with Crippen LogP contribution < -0.4 is 9.13 Å². The van der Waals surface area contributed by atoms with E-state index in [1.807, 2.05) is 55.7 Å². The Bertz CT molecular complexity index is 1220. The summed E-state index contributed by atoms with van der Waals surface area (Å²) in [6.45, 7) is 6.15. The van der Waals surface area contributed by atoms with Crippen LogP contribution in [0.4, 0.5) is 0 Å². The highest BCUT2D eigenvalue weighted by Crippen LogP contribution is 2.20. The first-order chi connectivity index (χ1) is 13.1. The highest BCUT2D eigenvalue weighted by Gasteiger charge is 2.24. The van der Waals surface area contributed by atoms with Crippen molar-refractivity contribution >= 4 is 10.9 Å². The molecule has 2 aromatic heterocycles. The van der Waals surface area contributed by atoms with Crippen LogP contribution in [0.1, 0.15) is 22.6 Å². The number of para-hydroxylation sites is 1. The van der Waals surface area contributed by atoms with E-state index in [2.05, 4.69) is 52.2 Å². The second-order valence-electron chi connectivity index (χ2n) is 6.66. The molecule has 0 aliphatic heterocycles. The summed E-state index contributed by atoms with van der Waals surface area (Å²) in [5, 5.41) is 10.7. The standard InChI is InChI=1S/C23H20N4/c1-16-8-6-7-11-26(16)22-12-19(14-24)13-23(17(22)2)27-18(3)25-15-20-9-4-5-10-21(20)27/h4-13,15H,1-3H3/q+2. The van der Waals surface area contributed by atoms with Crippen molar-refractivity contribution in [3.05, 3.63) is 89.6 Å². The third-order valence-electron chi connectivity index (χ3n) is 4.94. The van der Waals surface area contributed by atoms with Gasteiger partial charge in [0.25, 0.3) is 0 Å². The van der Waals surface area contributed by atoms with Gasteiger partial charge in [0, 0.05) is 38.1 Å². The van der Waals surface area contributed by atoms with Gasteiger partial charge in [0.2, 0.25) is 5.69 Å². The number of hydrogen-bond acceptors (Lipinski definition) is 2. The lowest BCUT2D eigenvalue weighted by atomic mass is 10.1. The van der Waals surface area contributed by atoms with E-state index in [0.29, 0.717) is 5.56 Å². The fourth-order valence-electron chi connectivity index (χ4n) is 3.53. The second kappa shape index (κ2) is 6.62. The van der Waals surface area contributed by atoms with Crippen molar-refractivity contribution in [2.24, 2.45) is 0 Å². The molecule has 0 saturated heterocycles. The maximum Gasteiger partial charge on any atom is 0.300 e. The van der Waals surface area contributed by atoms with Gasteiger partial charge in [-0.15, -0.1) is 0 Å². The number of fused-ring (bicyclic) bond motifs is 1. The molecule has 0 bridgehead atoms. The van der Waals surface area contributed by atoms with Gasteiger partial charge >= 0.3 is 5.82 Å². The van der Waals surface area contributed by atoms with Gasteiger partial charge in [-0.25, -0.2) is 0 Å². The molecule has 0 amide bonds. The highest BCUT2D eigenvalue weighted by atomic mass is 15.1. The molecular weight excluding hydrogens is 332 g/mol. The van der Waals surface area contributed by atoms with Crippen LogP contribution >= 0.6 is 0 Å². The van der Waals surface area contributed by atoms with Crippen molar-refractivity contribution in [3.63, 3.8) is 0 Å². The molecule has 0 aliphatic rings. The smallest absolute Gasteiger partial charge is 0.192 e. The number of pyridine rings is 1. The molecule has 4 rings (SSSR count). The Hall–Kier alpha value is -3.58. The van der Waals surface area contributed by atoms with Crippen LogP contribution in [-0.4, -0.2) is 4.98 Å². The summed E-state index contributed by atoms with van der Waals surface area (Å²) in [5.74, 6) is 0.882. The fraction of sp³-hybridized carbons (Fsp3) is 0.130. The Labute approximate surface area is 158 Å². The van der Waals surface area contributed by atoms with E-state index < -0.39 is 0 Å². The summed E-state index contributed by atoms with van der Waals surface area (Å²) in [5.41, 5.74) is 5.88. The van der Waals surface area contributed by atoms with Gasteiger partial charge in [-0.2, -0.15) is 14.4 Å². The summed E-state index contributed by atoms with van der Waals surface area (Å²) in [6.07, 6.45) is 3.92. The van der Waals surface area contributed by atoms with Crippen LogP contribution in [0.3, 0.4) is 0 Å². The SMILES string of the molecule is Cc1c(-[n+]2ccccc2C)cc(C#N)cc1-[n+]1c(C)ncc2ccccc21. The first-order valence-corrected chi connectivity index (χ1v) is 8.89. The average Bonchev–Trinajstić information content (AvgIpc) is 2.69. The van der Waals surface area contributed by atoms with E-state index in [-0.39, 0.29) is 0 Å². The summed E-state index contributed by atoms with van der Waals surface area (Å²) in [6, 6.07) is 20.5. The fourth-order valence-corrected chi connectivity index (χ4v) is 3.53. The normalized spacial score (nSPS) is 10.7. The molecule has 4 aromatic rings. The van der Waals surface area contributed by atoms with Gasteiger partial charge in [-0.3, -0.25) is 0 Å². The van der Waals surface area contributed by atoms with Crippen LogP contribution in [0.15, 0.2) is 67.0 Å². The van der Waals surface area contributed by atoms with E-state index in [0.717, 1.165) is 39.4 Å². The first kappa shape index (κ1) is 16.9. The monoisotopic (exact) mass is 352 g/mol. The minimum absolute atomic E-state index is 0.626. The predicted molar refractivity (Wildman–Crippen MR) is 104 cm³/mol. The molecule has 4 nitrogen and oxygen atoms in total. The molecule has 0 saturated carbocycles. The van der Waals surface area contributed by atoms with Gasteiger partial charge in [0.05, 0.1) is 22.6 Å². The topological polar surface area (TPSA) is 44.4 Å². The molecule has 0 atom stereocenters. The second-order valence-corrected chi connectivity index (χ2v) is 6.66. The molecule has 0 aliphatic carbocycles. The van der Waals surface area contributed by atoms with Crippen LogP contribution in [0.25, 0.3) is 22.3 Å². The van der Waals surface area contributed by atoms with Gasteiger partial charge in [-0.05, 0) is 19.1 Å². The summed E-state index contributed by atoms with van der Waals surface area (Å²) < 4.78 is 4.25. The van der Waals surface area contributed by atoms with E-state index >= 15 is 0 Å². The minimum atomic E-state index is 0.626. The molecule has 0 radical (unpaired) electrons. The lowest BCUT2D eigenvalue weighted by Crippen LogP contribution is -2.40. The molecule has 0 spiro atoms. The van der Waals surface area contributed by atoms with Gasteiger partial charge in [-0.1, -0.05) is 23.2 Å². The third-order valence-corrected chi connectivity index (χ3v) is 4.94. The predicted octanol–water partition coefficient (Wildman–Crippen LogP) is 3.59. The Morgan fingerprint density at radius 1 is 0.926 bits per heavy atom. The number of benzene rings is 2. The van der Waals surface area contributed by atoms with Gasteiger partial charge in [0.15, 0.2) is 18.1 Å². The molecule has 0 fully saturated rings. The number of nitrogens with zero attached hydrogens (tertiary/aromatic N) is 4. The number of nitriles is 1. The van der Waals surface area contributed by atoms with Crippen molar-refractivity contribution < 1.29 is 9.13 Å². The van der Waals surface area contributed by atoms with Crippen molar-refractivity contribution in [1.82, 2.24) is 4.98 Å². The van der Waals surface area contributed by atoms with Gasteiger partial charge in [0.1, 0.15) is 11.2 Å². The van der Waals surface area contributed by atoms with Crippen molar-refractivity contribution in [1.29, 1.82) is 5.26 Å². The molecule has 4 heteroatoms. The molecule has 2 aromatic carbocycles. The highest BCUT2D eigenvalue weighted by molar-refractivity contribution is 5.75. The zero-order chi connectivity index (χ0) is 19.0. The molecule has 0 N–H and O–H groups in total. The number of aromatic nitrogens is 3. The zero-order valence-electron chi connectivity index (χ0n) is 15.6. The van der Waals surface area contributed by atoms with E-state index in [4.69, 9.17) is 0 Å². The van der Waals surface area contributed by atoms with Crippen LogP contribution in [0.2, 0.25) is 0 Å². The maximum atomic E-state index is 9.64. The Balaban J connectivity index is 2.10. The summed E-state index contributed by atoms with van der Waals surface area (Å²) in [7, 11) is 0. The zero-order valence-corrected chi connectivity index (χ0v) is 15.6. The maximum absolute atomic E-state index is 9.64. The summed E-state index contributed by atoms with van der Waals surface area (Å²) in [4.78, 5) is 4.57. The lowest BCUT2D eigenvalue weighted by Gasteiger charge is -2.11. The van der Waals surface area contributed by atoms with Crippen LogP contribution in [0.5, 0.6) is 0 Å².